The fraction of sp³-hybridized carbons (Fsp3) is 0.267. The summed E-state index contributed by atoms with van der Waals surface area (Å²) in [5.41, 5.74) is 2.10. The van der Waals surface area contributed by atoms with E-state index in [-0.39, 0.29) is 0 Å². The lowest BCUT2D eigenvalue weighted by molar-refractivity contribution is 0.313. The zero-order valence-corrected chi connectivity index (χ0v) is 10.6. The lowest BCUT2D eigenvalue weighted by Crippen LogP contribution is -2.00. The smallest absolute Gasteiger partial charge is 0.121 e. The van der Waals surface area contributed by atoms with Gasteiger partial charge in [-0.1, -0.05) is 6.07 Å². The molecule has 0 aliphatic carbocycles. The highest BCUT2D eigenvalue weighted by molar-refractivity contribution is 5.48. The van der Waals surface area contributed by atoms with Crippen molar-refractivity contribution in [3.05, 3.63) is 48.4 Å². The molecule has 1 aromatic heterocycles. The van der Waals surface area contributed by atoms with Crippen molar-refractivity contribution < 1.29 is 9.15 Å². The molecule has 0 radical (unpaired) electrons. The summed E-state index contributed by atoms with van der Waals surface area (Å²) in [4.78, 5) is 0. The van der Waals surface area contributed by atoms with Gasteiger partial charge in [0.05, 0.1) is 25.2 Å². The van der Waals surface area contributed by atoms with E-state index in [0.29, 0.717) is 19.6 Å². The van der Waals surface area contributed by atoms with Crippen LogP contribution in [0.2, 0.25) is 0 Å². The summed E-state index contributed by atoms with van der Waals surface area (Å²) in [6, 6.07) is 11.8. The Labute approximate surface area is 112 Å². The predicted molar refractivity (Wildman–Crippen MR) is 72.8 cm³/mol. The Balaban J connectivity index is 1.83. The number of hydrogen-bond donors (Lipinski definition) is 1. The molecule has 98 valence electrons. The van der Waals surface area contributed by atoms with E-state index in [9.17, 15) is 0 Å². The SMILES string of the molecule is N#CCCCOc1cccc(NCc2ccoc2)c1. The van der Waals surface area contributed by atoms with Crippen molar-refractivity contribution in [2.45, 2.75) is 19.4 Å². The first-order chi connectivity index (χ1) is 9.38. The maximum atomic E-state index is 8.44. The van der Waals surface area contributed by atoms with Crippen LogP contribution in [0.25, 0.3) is 0 Å². The maximum Gasteiger partial charge on any atom is 0.121 e. The number of hydrogen-bond acceptors (Lipinski definition) is 4. The molecule has 0 fully saturated rings. The molecule has 2 rings (SSSR count). The first kappa shape index (κ1) is 13.0. The van der Waals surface area contributed by atoms with Crippen LogP contribution < -0.4 is 10.1 Å². The van der Waals surface area contributed by atoms with Crippen LogP contribution in [0.1, 0.15) is 18.4 Å². The highest BCUT2D eigenvalue weighted by Crippen LogP contribution is 2.18. The van der Waals surface area contributed by atoms with Crippen molar-refractivity contribution in [3.8, 4) is 11.8 Å². The number of furan rings is 1. The molecule has 0 amide bonds. The summed E-state index contributed by atoms with van der Waals surface area (Å²) in [5.74, 6) is 0.815. The van der Waals surface area contributed by atoms with Gasteiger partial charge in [-0.15, -0.1) is 0 Å². The van der Waals surface area contributed by atoms with E-state index in [4.69, 9.17) is 14.4 Å². The molecule has 4 heteroatoms. The standard InChI is InChI=1S/C15H16N2O2/c16-7-1-2-8-19-15-5-3-4-14(10-15)17-11-13-6-9-18-12-13/h3-6,9-10,12,17H,1-2,8,11H2. The van der Waals surface area contributed by atoms with Crippen LogP contribution in [0.3, 0.4) is 0 Å². The molecular weight excluding hydrogens is 240 g/mol. The molecule has 19 heavy (non-hydrogen) atoms. The molecular formula is C15H16N2O2. The molecule has 0 atom stereocenters. The number of unbranched alkanes of at least 4 members (excludes halogenated alkanes) is 1. The van der Waals surface area contributed by atoms with Crippen LogP contribution in [0.5, 0.6) is 5.75 Å². The maximum absolute atomic E-state index is 8.44. The quantitative estimate of drug-likeness (QED) is 0.769. The normalized spacial score (nSPS) is 9.84. The van der Waals surface area contributed by atoms with E-state index >= 15 is 0 Å². The van der Waals surface area contributed by atoms with Gasteiger partial charge in [-0.3, -0.25) is 0 Å². The Morgan fingerprint density at radius 1 is 1.32 bits per heavy atom. The van der Waals surface area contributed by atoms with Crippen LogP contribution in [0.15, 0.2) is 47.3 Å². The second-order valence-corrected chi connectivity index (χ2v) is 4.12. The largest absolute Gasteiger partial charge is 0.493 e. The van der Waals surface area contributed by atoms with E-state index in [0.717, 1.165) is 23.4 Å². The number of rotatable bonds is 7. The van der Waals surface area contributed by atoms with Gasteiger partial charge in [-0.25, -0.2) is 0 Å². The van der Waals surface area contributed by atoms with Gasteiger partial charge in [0.1, 0.15) is 5.75 Å². The number of anilines is 1. The average molecular weight is 256 g/mol. The summed E-state index contributed by atoms with van der Waals surface area (Å²) < 4.78 is 10.6. The Morgan fingerprint density at radius 2 is 2.26 bits per heavy atom. The molecule has 0 aliphatic heterocycles. The zero-order chi connectivity index (χ0) is 13.3. The van der Waals surface area contributed by atoms with Crippen molar-refractivity contribution >= 4 is 5.69 Å². The molecule has 0 unspecified atom stereocenters. The van der Waals surface area contributed by atoms with Crippen LogP contribution >= 0.6 is 0 Å². The highest BCUT2D eigenvalue weighted by Gasteiger charge is 1.98. The monoisotopic (exact) mass is 256 g/mol. The number of nitrogens with one attached hydrogen (secondary N) is 1. The van der Waals surface area contributed by atoms with E-state index in [1.165, 1.54) is 0 Å². The molecule has 0 bridgehead atoms. The van der Waals surface area contributed by atoms with Crippen LogP contribution in [0.4, 0.5) is 5.69 Å². The minimum Gasteiger partial charge on any atom is -0.493 e. The molecule has 0 aliphatic rings. The fourth-order valence-corrected chi connectivity index (χ4v) is 1.63. The van der Waals surface area contributed by atoms with Gasteiger partial charge in [0.15, 0.2) is 0 Å². The van der Waals surface area contributed by atoms with Crippen molar-refractivity contribution in [3.63, 3.8) is 0 Å². The Bertz CT molecular complexity index is 529. The van der Waals surface area contributed by atoms with Gasteiger partial charge in [-0.2, -0.15) is 5.26 Å². The second kappa shape index (κ2) is 7.12. The summed E-state index contributed by atoms with van der Waals surface area (Å²) in [7, 11) is 0. The number of ether oxygens (including phenoxy) is 1. The third kappa shape index (κ3) is 4.40. The minimum absolute atomic E-state index is 0.526. The van der Waals surface area contributed by atoms with Gasteiger partial charge in [0, 0.05) is 30.3 Å². The number of nitriles is 1. The van der Waals surface area contributed by atoms with Crippen molar-refractivity contribution in [2.75, 3.05) is 11.9 Å². The van der Waals surface area contributed by atoms with Crippen LogP contribution in [0, 0.1) is 11.3 Å². The summed E-state index contributed by atoms with van der Waals surface area (Å²) in [5, 5.41) is 11.7. The average Bonchev–Trinajstić information content (AvgIpc) is 2.95. The molecule has 1 N–H and O–H groups in total. The van der Waals surface area contributed by atoms with Crippen LogP contribution in [-0.4, -0.2) is 6.61 Å². The van der Waals surface area contributed by atoms with E-state index in [1.54, 1.807) is 12.5 Å². The van der Waals surface area contributed by atoms with Crippen molar-refractivity contribution in [1.29, 1.82) is 5.26 Å². The molecule has 1 heterocycles. The highest BCUT2D eigenvalue weighted by atomic mass is 16.5. The van der Waals surface area contributed by atoms with Gasteiger partial charge in [0.2, 0.25) is 0 Å². The van der Waals surface area contributed by atoms with Gasteiger partial charge in [-0.05, 0) is 24.6 Å². The number of benzene rings is 1. The summed E-state index contributed by atoms with van der Waals surface area (Å²) in [6.45, 7) is 1.28. The number of nitrogens with zero attached hydrogens (tertiary/aromatic N) is 1. The van der Waals surface area contributed by atoms with E-state index in [2.05, 4.69) is 11.4 Å². The van der Waals surface area contributed by atoms with Crippen molar-refractivity contribution in [2.24, 2.45) is 0 Å². The van der Waals surface area contributed by atoms with E-state index < -0.39 is 0 Å². The molecule has 0 saturated heterocycles. The molecule has 0 saturated carbocycles. The summed E-state index contributed by atoms with van der Waals surface area (Å²) in [6.07, 6.45) is 4.66. The van der Waals surface area contributed by atoms with Gasteiger partial charge in [0.25, 0.3) is 0 Å². The molecule has 0 spiro atoms. The zero-order valence-electron chi connectivity index (χ0n) is 10.6. The van der Waals surface area contributed by atoms with Crippen molar-refractivity contribution in [1.82, 2.24) is 0 Å². The minimum atomic E-state index is 0.526. The lowest BCUT2D eigenvalue weighted by Gasteiger charge is -2.08. The third-order valence-electron chi connectivity index (χ3n) is 2.61. The Hall–Kier alpha value is -2.41. The Kier molecular flexibility index (Phi) is 4.88. The van der Waals surface area contributed by atoms with Crippen LogP contribution in [-0.2, 0) is 6.54 Å². The van der Waals surface area contributed by atoms with Gasteiger partial charge < -0.3 is 14.5 Å². The first-order valence-corrected chi connectivity index (χ1v) is 6.23. The predicted octanol–water partition coefficient (Wildman–Crippen LogP) is 3.57. The molecule has 4 nitrogen and oxygen atoms in total. The molecule has 2 aromatic rings. The molecule has 1 aromatic carbocycles. The first-order valence-electron chi connectivity index (χ1n) is 6.23. The second-order valence-electron chi connectivity index (χ2n) is 4.12. The Morgan fingerprint density at radius 3 is 3.05 bits per heavy atom. The fourth-order valence-electron chi connectivity index (χ4n) is 1.63. The third-order valence-corrected chi connectivity index (χ3v) is 2.61. The topological polar surface area (TPSA) is 58.2 Å². The summed E-state index contributed by atoms with van der Waals surface area (Å²) >= 11 is 0. The van der Waals surface area contributed by atoms with E-state index in [1.807, 2.05) is 30.3 Å². The van der Waals surface area contributed by atoms with Gasteiger partial charge >= 0.3 is 0 Å². The lowest BCUT2D eigenvalue weighted by atomic mass is 10.2.